The molecule has 1 aliphatic rings. The predicted octanol–water partition coefficient (Wildman–Crippen LogP) is 3.90. The van der Waals surface area contributed by atoms with Crippen LogP contribution in [0.1, 0.15) is 46.0 Å². The molecule has 2 rings (SSSR count). The number of benzene rings is 1. The maximum Gasteiger partial charge on any atom is 0.348 e. The minimum Gasteiger partial charge on any atom is -0.478 e. The van der Waals surface area contributed by atoms with Gasteiger partial charge in [-0.15, -0.1) is 0 Å². The van der Waals surface area contributed by atoms with Crippen LogP contribution >= 0.6 is 0 Å². The van der Waals surface area contributed by atoms with Crippen molar-refractivity contribution >= 4 is 5.97 Å². The second-order valence-electron chi connectivity index (χ2n) is 6.67. The van der Waals surface area contributed by atoms with Crippen LogP contribution in [0.25, 0.3) is 0 Å². The van der Waals surface area contributed by atoms with Crippen molar-refractivity contribution in [2.24, 2.45) is 5.92 Å². The molecule has 1 unspecified atom stereocenters. The van der Waals surface area contributed by atoms with Crippen LogP contribution in [0.15, 0.2) is 30.3 Å². The highest BCUT2D eigenvalue weighted by molar-refractivity contribution is 5.75. The van der Waals surface area contributed by atoms with Crippen LogP contribution in [0.3, 0.4) is 0 Å². The molecule has 4 nitrogen and oxygen atoms in total. The number of carbonyl (C=O) groups excluding carboxylic acids is 1. The van der Waals surface area contributed by atoms with Crippen LogP contribution in [0, 0.1) is 17.8 Å². The molecule has 0 radical (unpaired) electrons. The van der Waals surface area contributed by atoms with Crippen molar-refractivity contribution in [3.05, 3.63) is 30.3 Å². The second-order valence-corrected chi connectivity index (χ2v) is 6.67. The van der Waals surface area contributed by atoms with Crippen molar-refractivity contribution in [3.63, 3.8) is 0 Å². The maximum atomic E-state index is 12.6. The molecule has 0 heterocycles. The van der Waals surface area contributed by atoms with Gasteiger partial charge in [-0.25, -0.2) is 4.79 Å². The average molecular weight is 357 g/mol. The smallest absolute Gasteiger partial charge is 0.348 e. The summed E-state index contributed by atoms with van der Waals surface area (Å²) in [5, 5.41) is 0. The molecule has 0 amide bonds. The van der Waals surface area contributed by atoms with E-state index in [1.807, 2.05) is 30.3 Å². The molecule has 1 aromatic rings. The van der Waals surface area contributed by atoms with E-state index in [-0.39, 0.29) is 18.5 Å². The molecule has 0 spiro atoms. The summed E-state index contributed by atoms with van der Waals surface area (Å²) in [5.41, 5.74) is 0. The largest absolute Gasteiger partial charge is 0.478 e. The molecule has 1 aliphatic carbocycles. The lowest BCUT2D eigenvalue weighted by Gasteiger charge is -2.29. The van der Waals surface area contributed by atoms with Crippen molar-refractivity contribution in [1.82, 2.24) is 4.90 Å². The van der Waals surface area contributed by atoms with E-state index < -0.39 is 6.10 Å². The van der Waals surface area contributed by atoms with Gasteiger partial charge < -0.3 is 9.47 Å². The lowest BCUT2D eigenvalue weighted by atomic mass is 9.85. The van der Waals surface area contributed by atoms with Crippen molar-refractivity contribution in [1.29, 1.82) is 0 Å². The third-order valence-electron chi connectivity index (χ3n) is 4.93. The van der Waals surface area contributed by atoms with Gasteiger partial charge in [-0.05, 0) is 38.1 Å². The fourth-order valence-corrected chi connectivity index (χ4v) is 3.27. The van der Waals surface area contributed by atoms with E-state index in [1.165, 1.54) is 6.42 Å². The zero-order valence-electron chi connectivity index (χ0n) is 16.1. The molecule has 142 valence electrons. The summed E-state index contributed by atoms with van der Waals surface area (Å²) in [6.07, 6.45) is 5.02. The summed E-state index contributed by atoms with van der Waals surface area (Å²) in [4.78, 5) is 14.9. The van der Waals surface area contributed by atoms with Gasteiger partial charge in [0.15, 0.2) is 12.7 Å². The lowest BCUT2D eigenvalue weighted by Crippen LogP contribution is -2.38. The molecule has 1 aromatic carbocycles. The van der Waals surface area contributed by atoms with Crippen molar-refractivity contribution < 1.29 is 14.3 Å². The Kier molecular flexibility index (Phi) is 9.06. The Hall–Kier alpha value is -1.99. The number of carbonyl (C=O) groups is 1. The zero-order chi connectivity index (χ0) is 18.6. The molecule has 0 bridgehead atoms. The highest BCUT2D eigenvalue weighted by Gasteiger charge is 2.32. The first-order valence-electron chi connectivity index (χ1n) is 9.81. The number of rotatable bonds is 8. The van der Waals surface area contributed by atoms with E-state index in [0.29, 0.717) is 12.3 Å². The van der Waals surface area contributed by atoms with Gasteiger partial charge in [-0.3, -0.25) is 4.90 Å². The van der Waals surface area contributed by atoms with Gasteiger partial charge in [0.25, 0.3) is 0 Å². The third kappa shape index (κ3) is 6.72. The molecule has 0 N–H and O–H groups in total. The van der Waals surface area contributed by atoms with Gasteiger partial charge in [0.05, 0.1) is 6.54 Å². The van der Waals surface area contributed by atoms with E-state index in [1.54, 1.807) is 0 Å². The van der Waals surface area contributed by atoms with Gasteiger partial charge in [-0.2, -0.15) is 0 Å². The van der Waals surface area contributed by atoms with Crippen LogP contribution in [0.4, 0.5) is 0 Å². The molecule has 0 saturated heterocycles. The van der Waals surface area contributed by atoms with Gasteiger partial charge >= 0.3 is 5.97 Å². The van der Waals surface area contributed by atoms with Gasteiger partial charge in [0, 0.05) is 5.92 Å². The fourth-order valence-electron chi connectivity index (χ4n) is 3.27. The van der Waals surface area contributed by atoms with E-state index >= 15 is 0 Å². The van der Waals surface area contributed by atoms with E-state index in [2.05, 4.69) is 30.6 Å². The molecule has 1 atom stereocenters. The van der Waals surface area contributed by atoms with Crippen LogP contribution in [-0.4, -0.2) is 43.2 Å². The predicted molar refractivity (Wildman–Crippen MR) is 104 cm³/mol. The molecule has 1 fully saturated rings. The minimum absolute atomic E-state index is 0.126. The van der Waals surface area contributed by atoms with Crippen molar-refractivity contribution in [2.75, 3.05) is 26.2 Å². The Labute approximate surface area is 157 Å². The highest BCUT2D eigenvalue weighted by atomic mass is 16.6. The number of esters is 1. The number of para-hydroxylation sites is 1. The summed E-state index contributed by atoms with van der Waals surface area (Å²) in [6.45, 7) is 7.00. The van der Waals surface area contributed by atoms with Crippen molar-refractivity contribution in [2.45, 2.75) is 52.1 Å². The monoisotopic (exact) mass is 357 g/mol. The van der Waals surface area contributed by atoms with Crippen LogP contribution in [0.2, 0.25) is 0 Å². The van der Waals surface area contributed by atoms with Gasteiger partial charge in [0.2, 0.25) is 0 Å². The Morgan fingerprint density at radius 1 is 1.12 bits per heavy atom. The van der Waals surface area contributed by atoms with Crippen LogP contribution in [-0.2, 0) is 9.53 Å². The Morgan fingerprint density at radius 2 is 1.81 bits per heavy atom. The lowest BCUT2D eigenvalue weighted by molar-refractivity contribution is -0.153. The van der Waals surface area contributed by atoms with Crippen LogP contribution in [0.5, 0.6) is 5.75 Å². The molecule has 0 aliphatic heterocycles. The SMILES string of the molecule is CCN(CC)CC#CCOC(=O)C(Oc1ccccc1)C1CCCCC1. The molecule has 26 heavy (non-hydrogen) atoms. The summed E-state index contributed by atoms with van der Waals surface area (Å²) < 4.78 is 11.4. The first-order valence-corrected chi connectivity index (χ1v) is 9.81. The zero-order valence-corrected chi connectivity index (χ0v) is 16.1. The highest BCUT2D eigenvalue weighted by Crippen LogP contribution is 2.29. The van der Waals surface area contributed by atoms with E-state index in [4.69, 9.17) is 9.47 Å². The minimum atomic E-state index is -0.540. The summed E-state index contributed by atoms with van der Waals surface area (Å²) in [7, 11) is 0. The second kappa shape index (κ2) is 11.6. The third-order valence-corrected chi connectivity index (χ3v) is 4.93. The number of hydrogen-bond acceptors (Lipinski definition) is 4. The van der Waals surface area contributed by atoms with Gasteiger partial charge in [0.1, 0.15) is 5.75 Å². The summed E-state index contributed by atoms with van der Waals surface area (Å²) in [6, 6.07) is 9.53. The summed E-state index contributed by atoms with van der Waals surface area (Å²) in [5.74, 6) is 6.66. The number of ether oxygens (including phenoxy) is 2. The number of hydrogen-bond donors (Lipinski definition) is 0. The Bertz CT molecular complexity index is 580. The number of nitrogens with zero attached hydrogens (tertiary/aromatic N) is 1. The van der Waals surface area contributed by atoms with E-state index in [9.17, 15) is 4.79 Å². The van der Waals surface area contributed by atoms with Crippen LogP contribution < -0.4 is 4.74 Å². The first-order chi connectivity index (χ1) is 12.7. The Morgan fingerprint density at radius 3 is 2.46 bits per heavy atom. The quantitative estimate of drug-likeness (QED) is 0.522. The van der Waals surface area contributed by atoms with Gasteiger partial charge in [-0.1, -0.05) is 63.1 Å². The molecule has 0 aromatic heterocycles. The Balaban J connectivity index is 1.91. The molecular weight excluding hydrogens is 326 g/mol. The topological polar surface area (TPSA) is 38.8 Å². The van der Waals surface area contributed by atoms with E-state index in [0.717, 1.165) is 38.8 Å². The average Bonchev–Trinajstić information content (AvgIpc) is 2.70. The molecular formula is C22H31NO3. The standard InChI is InChI=1S/C22H31NO3/c1-3-23(4-2)17-11-12-18-25-22(24)21(19-13-7-5-8-14-19)26-20-15-9-6-10-16-20/h6,9-10,15-16,19,21H,3-5,7-8,13-14,17-18H2,1-2H3. The summed E-state index contributed by atoms with van der Waals surface area (Å²) >= 11 is 0. The fraction of sp³-hybridized carbons (Fsp3) is 0.591. The molecule has 4 heteroatoms. The van der Waals surface area contributed by atoms with Crippen molar-refractivity contribution in [3.8, 4) is 17.6 Å². The molecule has 1 saturated carbocycles. The normalized spacial score (nSPS) is 15.8. The maximum absolute atomic E-state index is 12.6. The first kappa shape index (κ1) is 20.3.